The summed E-state index contributed by atoms with van der Waals surface area (Å²) in [4.78, 5) is 8.57. The van der Waals surface area contributed by atoms with Crippen LogP contribution >= 0.6 is 35.3 Å². The fourth-order valence-corrected chi connectivity index (χ4v) is 3.06. The molecule has 134 valence electrons. The molecule has 0 saturated heterocycles. The summed E-state index contributed by atoms with van der Waals surface area (Å²) in [6, 6.07) is 4.30. The van der Waals surface area contributed by atoms with Gasteiger partial charge in [0.15, 0.2) is 5.96 Å². The van der Waals surface area contributed by atoms with Gasteiger partial charge in [0, 0.05) is 23.9 Å². The van der Waals surface area contributed by atoms with E-state index in [1.807, 2.05) is 11.3 Å². The number of nitrogens with one attached hydrogen (secondary N) is 2. The van der Waals surface area contributed by atoms with Gasteiger partial charge in [0.05, 0.1) is 6.54 Å². The lowest BCUT2D eigenvalue weighted by Gasteiger charge is -2.18. The number of guanidine groups is 1. The number of halogens is 1. The molecule has 1 rings (SSSR count). The van der Waals surface area contributed by atoms with Crippen LogP contribution in [0.15, 0.2) is 22.5 Å². The molecule has 0 aromatic carbocycles. The van der Waals surface area contributed by atoms with Crippen LogP contribution in [0.2, 0.25) is 0 Å². The molecule has 6 heteroatoms. The molecular formula is C17H33IN4S. The van der Waals surface area contributed by atoms with Gasteiger partial charge in [0.2, 0.25) is 0 Å². The number of hydrogen-bond donors (Lipinski definition) is 2. The Bertz CT molecular complexity index is 405. The number of hydrogen-bond acceptors (Lipinski definition) is 3. The van der Waals surface area contributed by atoms with Gasteiger partial charge < -0.3 is 15.5 Å². The normalized spacial score (nSPS) is 12.8. The van der Waals surface area contributed by atoms with Gasteiger partial charge >= 0.3 is 0 Å². The lowest BCUT2D eigenvalue weighted by Crippen LogP contribution is -2.39. The SMILES string of the molecule is CCNC(=NCC(C)c1cccs1)NCCCN(CC)CC.I. The third kappa shape index (κ3) is 9.52. The molecule has 0 amide bonds. The second kappa shape index (κ2) is 14.0. The first-order valence-electron chi connectivity index (χ1n) is 8.49. The molecular weight excluding hydrogens is 419 g/mol. The molecule has 1 heterocycles. The van der Waals surface area contributed by atoms with E-state index >= 15 is 0 Å². The van der Waals surface area contributed by atoms with Crippen molar-refractivity contribution in [3.05, 3.63) is 22.4 Å². The smallest absolute Gasteiger partial charge is 0.191 e. The Balaban J connectivity index is 0.00000484. The summed E-state index contributed by atoms with van der Waals surface area (Å²) in [5.74, 6) is 1.41. The Kier molecular flexibility index (Phi) is 13.8. The minimum atomic E-state index is 0. The van der Waals surface area contributed by atoms with Crippen LogP contribution in [0.3, 0.4) is 0 Å². The summed E-state index contributed by atoms with van der Waals surface area (Å²) in [6.07, 6.45) is 1.15. The van der Waals surface area contributed by atoms with E-state index in [0.29, 0.717) is 5.92 Å². The maximum Gasteiger partial charge on any atom is 0.191 e. The van der Waals surface area contributed by atoms with Gasteiger partial charge in [-0.1, -0.05) is 26.8 Å². The van der Waals surface area contributed by atoms with Crippen molar-refractivity contribution in [2.75, 3.05) is 39.3 Å². The molecule has 1 unspecified atom stereocenters. The van der Waals surface area contributed by atoms with E-state index in [2.05, 4.69) is 60.7 Å². The van der Waals surface area contributed by atoms with E-state index in [0.717, 1.165) is 51.6 Å². The monoisotopic (exact) mass is 452 g/mol. The quantitative estimate of drug-likeness (QED) is 0.246. The summed E-state index contributed by atoms with van der Waals surface area (Å²) in [5.41, 5.74) is 0. The van der Waals surface area contributed by atoms with Crippen molar-refractivity contribution in [3.8, 4) is 0 Å². The van der Waals surface area contributed by atoms with Crippen LogP contribution in [0.5, 0.6) is 0 Å². The lowest BCUT2D eigenvalue weighted by molar-refractivity contribution is 0.300. The topological polar surface area (TPSA) is 39.7 Å². The molecule has 0 bridgehead atoms. The molecule has 23 heavy (non-hydrogen) atoms. The first-order valence-corrected chi connectivity index (χ1v) is 9.37. The Morgan fingerprint density at radius 3 is 2.57 bits per heavy atom. The van der Waals surface area contributed by atoms with Crippen LogP contribution in [-0.2, 0) is 0 Å². The minimum Gasteiger partial charge on any atom is -0.357 e. The Labute approximate surface area is 163 Å². The average molecular weight is 452 g/mol. The Morgan fingerprint density at radius 2 is 2.00 bits per heavy atom. The zero-order valence-corrected chi connectivity index (χ0v) is 18.1. The third-order valence-electron chi connectivity index (χ3n) is 3.73. The van der Waals surface area contributed by atoms with Gasteiger partial charge in [0.25, 0.3) is 0 Å². The third-order valence-corrected chi connectivity index (χ3v) is 4.84. The molecule has 4 nitrogen and oxygen atoms in total. The molecule has 0 fully saturated rings. The fraction of sp³-hybridized carbons (Fsp3) is 0.706. The highest BCUT2D eigenvalue weighted by Gasteiger charge is 2.06. The molecule has 0 aliphatic carbocycles. The molecule has 0 aliphatic heterocycles. The number of aliphatic imine (C=N–C) groups is 1. The summed E-state index contributed by atoms with van der Waals surface area (Å²) in [6.45, 7) is 14.9. The second-order valence-electron chi connectivity index (χ2n) is 5.44. The Hall–Kier alpha value is -0.340. The van der Waals surface area contributed by atoms with Crippen molar-refractivity contribution in [2.24, 2.45) is 4.99 Å². The van der Waals surface area contributed by atoms with E-state index < -0.39 is 0 Å². The van der Waals surface area contributed by atoms with Gasteiger partial charge in [-0.25, -0.2) is 0 Å². The minimum absolute atomic E-state index is 0. The largest absolute Gasteiger partial charge is 0.357 e. The van der Waals surface area contributed by atoms with Gasteiger partial charge in [-0.05, 0) is 44.4 Å². The van der Waals surface area contributed by atoms with Crippen LogP contribution < -0.4 is 10.6 Å². The summed E-state index contributed by atoms with van der Waals surface area (Å²) in [7, 11) is 0. The van der Waals surface area contributed by atoms with Crippen molar-refractivity contribution in [1.29, 1.82) is 0 Å². The average Bonchev–Trinajstić information content (AvgIpc) is 3.06. The number of thiophene rings is 1. The molecule has 0 saturated carbocycles. The van der Waals surface area contributed by atoms with Crippen LogP contribution in [0.1, 0.15) is 44.9 Å². The fourth-order valence-electron chi connectivity index (χ4n) is 2.28. The molecule has 1 aromatic rings. The molecule has 2 N–H and O–H groups in total. The molecule has 0 spiro atoms. The van der Waals surface area contributed by atoms with E-state index in [-0.39, 0.29) is 24.0 Å². The van der Waals surface area contributed by atoms with Crippen molar-refractivity contribution in [1.82, 2.24) is 15.5 Å². The summed E-state index contributed by atoms with van der Waals surface area (Å²) >= 11 is 1.81. The van der Waals surface area contributed by atoms with E-state index in [4.69, 9.17) is 4.99 Å². The van der Waals surface area contributed by atoms with E-state index in [1.54, 1.807) is 0 Å². The molecule has 0 radical (unpaired) electrons. The highest BCUT2D eigenvalue weighted by atomic mass is 127. The van der Waals surface area contributed by atoms with Crippen molar-refractivity contribution >= 4 is 41.3 Å². The van der Waals surface area contributed by atoms with Crippen LogP contribution in [-0.4, -0.2) is 50.1 Å². The van der Waals surface area contributed by atoms with Gasteiger partial charge in [-0.15, -0.1) is 35.3 Å². The maximum absolute atomic E-state index is 4.71. The maximum atomic E-state index is 4.71. The predicted octanol–water partition coefficient (Wildman–Crippen LogP) is 3.76. The van der Waals surface area contributed by atoms with Crippen LogP contribution in [0, 0.1) is 0 Å². The summed E-state index contributed by atoms with van der Waals surface area (Å²) in [5, 5.41) is 8.90. The highest BCUT2D eigenvalue weighted by Crippen LogP contribution is 2.20. The first-order chi connectivity index (χ1) is 10.7. The van der Waals surface area contributed by atoms with Crippen LogP contribution in [0.4, 0.5) is 0 Å². The van der Waals surface area contributed by atoms with Gasteiger partial charge in [0.1, 0.15) is 0 Å². The van der Waals surface area contributed by atoms with Gasteiger partial charge in [-0.2, -0.15) is 0 Å². The van der Waals surface area contributed by atoms with Crippen molar-refractivity contribution < 1.29 is 0 Å². The van der Waals surface area contributed by atoms with Crippen molar-refractivity contribution in [2.45, 2.75) is 40.0 Å². The number of nitrogens with zero attached hydrogens (tertiary/aromatic N) is 2. The standard InChI is InChI=1S/C17H32N4S.HI/c1-5-18-17(19-11-9-12-21(6-2)7-3)20-14-15(4)16-10-8-13-22-16;/h8,10,13,15H,5-7,9,11-12,14H2,1-4H3,(H2,18,19,20);1H. The molecule has 0 aliphatic rings. The number of rotatable bonds is 10. The van der Waals surface area contributed by atoms with E-state index in [9.17, 15) is 0 Å². The van der Waals surface area contributed by atoms with Crippen molar-refractivity contribution in [3.63, 3.8) is 0 Å². The Morgan fingerprint density at radius 1 is 1.26 bits per heavy atom. The molecule has 1 atom stereocenters. The predicted molar refractivity (Wildman–Crippen MR) is 115 cm³/mol. The highest BCUT2D eigenvalue weighted by molar-refractivity contribution is 14.0. The second-order valence-corrected chi connectivity index (χ2v) is 6.42. The molecule has 1 aromatic heterocycles. The first kappa shape index (κ1) is 22.7. The zero-order valence-electron chi connectivity index (χ0n) is 15.0. The van der Waals surface area contributed by atoms with Gasteiger partial charge in [-0.3, -0.25) is 4.99 Å². The lowest BCUT2D eigenvalue weighted by atomic mass is 10.1. The van der Waals surface area contributed by atoms with E-state index in [1.165, 1.54) is 4.88 Å². The van der Waals surface area contributed by atoms with Crippen LogP contribution in [0.25, 0.3) is 0 Å². The zero-order chi connectivity index (χ0) is 16.2. The summed E-state index contributed by atoms with van der Waals surface area (Å²) < 4.78 is 0.